The first-order chi connectivity index (χ1) is 7.49. The van der Waals surface area contributed by atoms with Gasteiger partial charge in [-0.3, -0.25) is 4.79 Å². The van der Waals surface area contributed by atoms with Gasteiger partial charge >= 0.3 is 5.97 Å². The highest BCUT2D eigenvalue weighted by atomic mass is 35.5. The molecule has 0 fully saturated rings. The lowest BCUT2D eigenvalue weighted by atomic mass is 10.3. The fraction of sp³-hybridized carbons (Fsp3) is 0.200. The van der Waals surface area contributed by atoms with Gasteiger partial charge in [-0.2, -0.15) is 0 Å². The Bertz CT molecular complexity index is 419. The van der Waals surface area contributed by atoms with E-state index in [1.165, 1.54) is 25.1 Å². The molecule has 5 nitrogen and oxygen atoms in total. The number of aliphatic carboxylic acids is 1. The van der Waals surface area contributed by atoms with Crippen molar-refractivity contribution >= 4 is 29.2 Å². The van der Waals surface area contributed by atoms with Crippen LogP contribution in [-0.2, 0) is 9.59 Å². The number of halogens is 1. The van der Waals surface area contributed by atoms with E-state index < -0.39 is 12.6 Å². The van der Waals surface area contributed by atoms with E-state index >= 15 is 0 Å². The third kappa shape index (κ3) is 3.78. The second-order valence-electron chi connectivity index (χ2n) is 3.01. The molecular weight excluding hydrogens is 234 g/mol. The van der Waals surface area contributed by atoms with Crippen molar-refractivity contribution in [3.8, 4) is 5.75 Å². The molecule has 2 N–H and O–H groups in total. The zero-order valence-electron chi connectivity index (χ0n) is 8.49. The van der Waals surface area contributed by atoms with E-state index in [0.29, 0.717) is 16.5 Å². The van der Waals surface area contributed by atoms with E-state index in [9.17, 15) is 9.59 Å². The van der Waals surface area contributed by atoms with Crippen molar-refractivity contribution in [2.24, 2.45) is 0 Å². The van der Waals surface area contributed by atoms with Gasteiger partial charge in [-0.1, -0.05) is 11.6 Å². The molecule has 0 atom stereocenters. The largest absolute Gasteiger partial charge is 0.482 e. The van der Waals surface area contributed by atoms with Crippen LogP contribution in [0.3, 0.4) is 0 Å². The first kappa shape index (κ1) is 12.3. The molecule has 0 unspecified atom stereocenters. The van der Waals surface area contributed by atoms with Crippen molar-refractivity contribution in [3.63, 3.8) is 0 Å². The third-order valence-electron chi connectivity index (χ3n) is 1.61. The summed E-state index contributed by atoms with van der Waals surface area (Å²) in [5.41, 5.74) is 0.386. The van der Waals surface area contributed by atoms with Gasteiger partial charge in [0.2, 0.25) is 5.91 Å². The van der Waals surface area contributed by atoms with Crippen LogP contribution >= 0.6 is 11.6 Å². The highest BCUT2D eigenvalue weighted by molar-refractivity contribution is 6.33. The number of amides is 1. The Morgan fingerprint density at radius 1 is 1.50 bits per heavy atom. The fourth-order valence-electron chi connectivity index (χ4n) is 1.02. The average molecular weight is 244 g/mol. The van der Waals surface area contributed by atoms with E-state index in [1.54, 1.807) is 0 Å². The van der Waals surface area contributed by atoms with E-state index in [-0.39, 0.29) is 5.91 Å². The zero-order chi connectivity index (χ0) is 12.1. The molecule has 0 aromatic heterocycles. The second-order valence-corrected chi connectivity index (χ2v) is 3.41. The Morgan fingerprint density at radius 2 is 2.19 bits per heavy atom. The van der Waals surface area contributed by atoms with E-state index in [1.807, 2.05) is 0 Å². The van der Waals surface area contributed by atoms with Crippen LogP contribution in [0.2, 0.25) is 5.02 Å². The first-order valence-electron chi connectivity index (χ1n) is 4.41. The van der Waals surface area contributed by atoms with Gasteiger partial charge in [0.15, 0.2) is 6.61 Å². The standard InChI is InChI=1S/C10H10ClNO4/c1-6(13)12-9-4-7(2-3-8(9)11)16-5-10(14)15/h2-4H,5H2,1H3,(H,12,13)(H,14,15). The van der Waals surface area contributed by atoms with E-state index in [4.69, 9.17) is 21.4 Å². The molecule has 0 bridgehead atoms. The second kappa shape index (κ2) is 5.37. The van der Waals surface area contributed by atoms with Crippen molar-refractivity contribution in [2.45, 2.75) is 6.92 Å². The maximum absolute atomic E-state index is 10.8. The van der Waals surface area contributed by atoms with Gasteiger partial charge in [-0.05, 0) is 12.1 Å². The highest BCUT2D eigenvalue weighted by Gasteiger charge is 2.05. The van der Waals surface area contributed by atoms with Crippen molar-refractivity contribution < 1.29 is 19.4 Å². The number of anilines is 1. The molecule has 0 aliphatic heterocycles. The summed E-state index contributed by atoms with van der Waals surface area (Å²) in [5.74, 6) is -1.01. The molecule has 0 aliphatic carbocycles. The summed E-state index contributed by atoms with van der Waals surface area (Å²) >= 11 is 5.82. The summed E-state index contributed by atoms with van der Waals surface area (Å²) in [4.78, 5) is 21.1. The summed E-state index contributed by atoms with van der Waals surface area (Å²) in [6.07, 6.45) is 0. The van der Waals surface area contributed by atoms with Gasteiger partial charge in [0, 0.05) is 13.0 Å². The Labute approximate surface area is 97.0 Å². The predicted molar refractivity (Wildman–Crippen MR) is 58.9 cm³/mol. The lowest BCUT2D eigenvalue weighted by Gasteiger charge is -2.08. The van der Waals surface area contributed by atoms with Gasteiger partial charge in [-0.15, -0.1) is 0 Å². The molecule has 0 spiro atoms. The SMILES string of the molecule is CC(=O)Nc1cc(OCC(=O)O)ccc1Cl. The number of nitrogens with one attached hydrogen (secondary N) is 1. The van der Waals surface area contributed by atoms with Crippen molar-refractivity contribution in [2.75, 3.05) is 11.9 Å². The van der Waals surface area contributed by atoms with Gasteiger partial charge in [0.25, 0.3) is 0 Å². The topological polar surface area (TPSA) is 75.6 Å². The number of carboxylic acid groups (broad SMARTS) is 1. The average Bonchev–Trinajstić information content (AvgIpc) is 2.18. The smallest absolute Gasteiger partial charge is 0.341 e. The molecule has 1 aromatic rings. The molecule has 0 saturated carbocycles. The van der Waals surface area contributed by atoms with Crippen molar-refractivity contribution in [3.05, 3.63) is 23.2 Å². The molecule has 1 amide bonds. The zero-order valence-corrected chi connectivity index (χ0v) is 9.25. The molecule has 6 heteroatoms. The molecule has 0 radical (unpaired) electrons. The van der Waals surface area contributed by atoms with Gasteiger partial charge in [0.1, 0.15) is 5.75 Å². The van der Waals surface area contributed by atoms with Gasteiger partial charge in [-0.25, -0.2) is 4.79 Å². The number of benzene rings is 1. The predicted octanol–water partition coefficient (Wildman–Crippen LogP) is 1.76. The number of carboxylic acids is 1. The van der Waals surface area contributed by atoms with Crippen LogP contribution in [0.1, 0.15) is 6.92 Å². The number of hydrogen-bond acceptors (Lipinski definition) is 3. The lowest BCUT2D eigenvalue weighted by molar-refractivity contribution is -0.139. The highest BCUT2D eigenvalue weighted by Crippen LogP contribution is 2.26. The minimum absolute atomic E-state index is 0.266. The van der Waals surface area contributed by atoms with Crippen LogP contribution in [0.4, 0.5) is 5.69 Å². The van der Waals surface area contributed by atoms with Crippen LogP contribution in [0.15, 0.2) is 18.2 Å². The fourth-order valence-corrected chi connectivity index (χ4v) is 1.19. The quantitative estimate of drug-likeness (QED) is 0.845. The summed E-state index contributed by atoms with van der Waals surface area (Å²) in [6, 6.07) is 4.51. The molecule has 1 aromatic carbocycles. The summed E-state index contributed by atoms with van der Waals surface area (Å²) in [6.45, 7) is 0.905. The molecule has 16 heavy (non-hydrogen) atoms. The van der Waals surface area contributed by atoms with Crippen LogP contribution in [0.5, 0.6) is 5.75 Å². The molecular formula is C10H10ClNO4. The molecule has 86 valence electrons. The summed E-state index contributed by atoms with van der Waals surface area (Å²) in [5, 5.41) is 11.3. The molecule has 0 saturated heterocycles. The number of ether oxygens (including phenoxy) is 1. The van der Waals surface area contributed by atoms with Crippen molar-refractivity contribution in [1.29, 1.82) is 0 Å². The Morgan fingerprint density at radius 3 is 2.75 bits per heavy atom. The van der Waals surface area contributed by atoms with Gasteiger partial charge < -0.3 is 15.2 Å². The maximum Gasteiger partial charge on any atom is 0.341 e. The molecule has 0 aliphatic rings. The molecule has 0 heterocycles. The van der Waals surface area contributed by atoms with Crippen LogP contribution in [0, 0.1) is 0 Å². The Balaban J connectivity index is 2.80. The number of carbonyl (C=O) groups is 2. The minimum Gasteiger partial charge on any atom is -0.482 e. The van der Waals surface area contributed by atoms with E-state index in [2.05, 4.69) is 5.32 Å². The lowest BCUT2D eigenvalue weighted by Crippen LogP contribution is -2.10. The number of rotatable bonds is 4. The normalized spacial score (nSPS) is 9.62. The van der Waals surface area contributed by atoms with Crippen LogP contribution < -0.4 is 10.1 Å². The van der Waals surface area contributed by atoms with Crippen molar-refractivity contribution in [1.82, 2.24) is 0 Å². The van der Waals surface area contributed by atoms with Crippen LogP contribution in [-0.4, -0.2) is 23.6 Å². The third-order valence-corrected chi connectivity index (χ3v) is 1.94. The van der Waals surface area contributed by atoms with E-state index in [0.717, 1.165) is 0 Å². The van der Waals surface area contributed by atoms with Crippen LogP contribution in [0.25, 0.3) is 0 Å². The number of carbonyl (C=O) groups excluding carboxylic acids is 1. The maximum atomic E-state index is 10.8. The monoisotopic (exact) mass is 243 g/mol. The Hall–Kier alpha value is -1.75. The number of hydrogen-bond donors (Lipinski definition) is 2. The summed E-state index contributed by atoms with van der Waals surface area (Å²) < 4.78 is 4.94. The molecule has 1 rings (SSSR count). The Kier molecular flexibility index (Phi) is 4.13. The first-order valence-corrected chi connectivity index (χ1v) is 4.78. The summed E-state index contributed by atoms with van der Waals surface area (Å²) in [7, 11) is 0. The van der Waals surface area contributed by atoms with Gasteiger partial charge in [0.05, 0.1) is 10.7 Å². The minimum atomic E-state index is -1.07.